The Hall–Kier alpha value is -3.92. The SMILES string of the molecule is CN(C)C(=O)COc1ccc(NC(=O)c2cccc(S(=O)(=O)Nc3ccccc3F)c2)cc1. The second kappa shape index (κ2) is 10.1. The third-order valence-corrected chi connectivity index (χ3v) is 5.86. The summed E-state index contributed by atoms with van der Waals surface area (Å²) < 4.78 is 46.6. The molecule has 3 rings (SSSR count). The molecule has 0 radical (unpaired) electrons. The van der Waals surface area contributed by atoms with E-state index in [1.807, 2.05) is 0 Å². The lowest BCUT2D eigenvalue weighted by Crippen LogP contribution is -2.27. The fourth-order valence-corrected chi connectivity index (χ4v) is 3.78. The van der Waals surface area contributed by atoms with Crippen LogP contribution in [0.15, 0.2) is 77.7 Å². The smallest absolute Gasteiger partial charge is 0.262 e. The first kappa shape index (κ1) is 23.7. The van der Waals surface area contributed by atoms with Crippen LogP contribution in [0.5, 0.6) is 5.75 Å². The number of ether oxygens (including phenoxy) is 1. The summed E-state index contributed by atoms with van der Waals surface area (Å²) in [5.74, 6) is -0.981. The molecule has 0 bridgehead atoms. The van der Waals surface area contributed by atoms with Crippen molar-refractivity contribution in [3.8, 4) is 5.75 Å². The minimum atomic E-state index is -4.11. The fourth-order valence-electron chi connectivity index (χ4n) is 2.66. The number of nitrogens with zero attached hydrogens (tertiary/aromatic N) is 1. The molecule has 3 aromatic rings. The lowest BCUT2D eigenvalue weighted by molar-refractivity contribution is -0.130. The fraction of sp³-hybridized carbons (Fsp3) is 0.130. The molecule has 0 aromatic heterocycles. The van der Waals surface area contributed by atoms with Crippen LogP contribution in [0.3, 0.4) is 0 Å². The molecule has 0 saturated carbocycles. The third-order valence-electron chi connectivity index (χ3n) is 4.50. The van der Waals surface area contributed by atoms with Gasteiger partial charge in [-0.1, -0.05) is 18.2 Å². The molecule has 2 N–H and O–H groups in total. The number of sulfonamides is 1. The Balaban J connectivity index is 1.68. The molecule has 8 nitrogen and oxygen atoms in total. The van der Waals surface area contributed by atoms with Gasteiger partial charge >= 0.3 is 0 Å². The summed E-state index contributed by atoms with van der Waals surface area (Å²) in [5.41, 5.74) is 0.356. The van der Waals surface area contributed by atoms with Gasteiger partial charge in [0.25, 0.3) is 21.8 Å². The number of anilines is 2. The molecule has 0 atom stereocenters. The summed E-state index contributed by atoms with van der Waals surface area (Å²) in [7, 11) is -0.856. The van der Waals surface area contributed by atoms with E-state index in [0.717, 1.165) is 6.07 Å². The van der Waals surface area contributed by atoms with Gasteiger partial charge < -0.3 is 15.0 Å². The van der Waals surface area contributed by atoms with Crippen molar-refractivity contribution in [3.05, 3.63) is 84.2 Å². The summed E-state index contributed by atoms with van der Waals surface area (Å²) in [6.07, 6.45) is 0. The van der Waals surface area contributed by atoms with E-state index in [1.165, 1.54) is 47.4 Å². The van der Waals surface area contributed by atoms with E-state index in [9.17, 15) is 22.4 Å². The zero-order chi connectivity index (χ0) is 24.0. The van der Waals surface area contributed by atoms with Crippen LogP contribution in [-0.2, 0) is 14.8 Å². The number of carbonyl (C=O) groups is 2. The topological polar surface area (TPSA) is 105 Å². The highest BCUT2D eigenvalue weighted by Gasteiger charge is 2.18. The van der Waals surface area contributed by atoms with Gasteiger partial charge in [-0.3, -0.25) is 14.3 Å². The van der Waals surface area contributed by atoms with E-state index in [0.29, 0.717) is 11.4 Å². The summed E-state index contributed by atoms with van der Waals surface area (Å²) in [6.45, 7) is -0.110. The van der Waals surface area contributed by atoms with Crippen LogP contribution in [0.1, 0.15) is 10.4 Å². The van der Waals surface area contributed by atoms with Crippen LogP contribution in [0.4, 0.5) is 15.8 Å². The van der Waals surface area contributed by atoms with Crippen molar-refractivity contribution in [3.63, 3.8) is 0 Å². The van der Waals surface area contributed by atoms with E-state index in [-0.39, 0.29) is 28.7 Å². The molecule has 33 heavy (non-hydrogen) atoms. The van der Waals surface area contributed by atoms with Crippen LogP contribution in [0.2, 0.25) is 0 Å². The van der Waals surface area contributed by atoms with E-state index in [4.69, 9.17) is 4.74 Å². The van der Waals surface area contributed by atoms with E-state index in [2.05, 4.69) is 10.0 Å². The lowest BCUT2D eigenvalue weighted by atomic mass is 10.2. The number of benzene rings is 3. The van der Waals surface area contributed by atoms with E-state index >= 15 is 0 Å². The molecule has 0 unspecified atom stereocenters. The molecule has 2 amide bonds. The maximum atomic E-state index is 13.8. The number of rotatable bonds is 8. The number of amides is 2. The predicted octanol–water partition coefficient (Wildman–Crippen LogP) is 3.35. The molecule has 0 fully saturated rings. The van der Waals surface area contributed by atoms with Crippen LogP contribution in [0, 0.1) is 5.82 Å². The number of para-hydroxylation sites is 1. The third kappa shape index (κ3) is 6.30. The Morgan fingerprint density at radius 2 is 1.67 bits per heavy atom. The highest BCUT2D eigenvalue weighted by molar-refractivity contribution is 7.92. The Kier molecular flexibility index (Phi) is 7.29. The number of hydrogen-bond acceptors (Lipinski definition) is 5. The standard InChI is InChI=1S/C23H22FN3O5S/c1-27(2)22(28)15-32-18-12-10-17(11-13-18)25-23(29)16-6-5-7-19(14-16)33(30,31)26-21-9-4-3-8-20(21)24/h3-14,26H,15H2,1-2H3,(H,25,29). The highest BCUT2D eigenvalue weighted by atomic mass is 32.2. The molecule has 10 heteroatoms. The van der Waals surface area contributed by atoms with Crippen molar-refractivity contribution in [1.29, 1.82) is 0 Å². The lowest BCUT2D eigenvalue weighted by Gasteiger charge is -2.12. The normalized spacial score (nSPS) is 10.9. The quantitative estimate of drug-likeness (QED) is 0.524. The molecule has 0 aliphatic heterocycles. The maximum absolute atomic E-state index is 13.8. The summed E-state index contributed by atoms with van der Waals surface area (Å²) >= 11 is 0. The van der Waals surface area contributed by atoms with Gasteiger partial charge in [-0.2, -0.15) is 0 Å². The van der Waals surface area contributed by atoms with Gasteiger partial charge in [0.05, 0.1) is 10.6 Å². The van der Waals surface area contributed by atoms with Crippen molar-refractivity contribution in [2.24, 2.45) is 0 Å². The Bertz CT molecular complexity index is 1260. The van der Waals surface area contributed by atoms with E-state index in [1.54, 1.807) is 38.4 Å². The van der Waals surface area contributed by atoms with E-state index < -0.39 is 21.7 Å². The van der Waals surface area contributed by atoms with Gasteiger partial charge in [-0.15, -0.1) is 0 Å². The van der Waals surface area contributed by atoms with Crippen LogP contribution in [0.25, 0.3) is 0 Å². The summed E-state index contributed by atoms with van der Waals surface area (Å²) in [6, 6.07) is 17.1. The van der Waals surface area contributed by atoms with Crippen LogP contribution < -0.4 is 14.8 Å². The Morgan fingerprint density at radius 3 is 2.33 bits per heavy atom. The maximum Gasteiger partial charge on any atom is 0.262 e. The van der Waals surface area contributed by atoms with Gasteiger partial charge in [-0.05, 0) is 54.6 Å². The van der Waals surface area contributed by atoms with Gasteiger partial charge in [0.1, 0.15) is 11.6 Å². The molecule has 0 aliphatic rings. The van der Waals surface area contributed by atoms with Gasteiger partial charge in [-0.25, -0.2) is 12.8 Å². The molecule has 0 saturated heterocycles. The number of hydrogen-bond donors (Lipinski definition) is 2. The monoisotopic (exact) mass is 471 g/mol. The Morgan fingerprint density at radius 1 is 0.970 bits per heavy atom. The largest absolute Gasteiger partial charge is 0.484 e. The average Bonchev–Trinajstić information content (AvgIpc) is 2.79. The molecule has 0 heterocycles. The van der Waals surface area contributed by atoms with Crippen molar-refractivity contribution >= 4 is 33.2 Å². The first-order valence-corrected chi connectivity index (χ1v) is 11.3. The number of nitrogens with one attached hydrogen (secondary N) is 2. The first-order valence-electron chi connectivity index (χ1n) is 9.77. The van der Waals surface area contributed by atoms with Crippen LogP contribution >= 0.6 is 0 Å². The van der Waals surface area contributed by atoms with Crippen molar-refractivity contribution in [2.75, 3.05) is 30.7 Å². The predicted molar refractivity (Wildman–Crippen MR) is 122 cm³/mol. The van der Waals surface area contributed by atoms with Crippen LogP contribution in [-0.4, -0.2) is 45.8 Å². The van der Waals surface area contributed by atoms with Crippen molar-refractivity contribution < 1.29 is 27.1 Å². The minimum absolute atomic E-state index is 0.100. The second-order valence-corrected chi connectivity index (χ2v) is 8.85. The molecule has 172 valence electrons. The Labute approximate surface area is 191 Å². The van der Waals surface area contributed by atoms with Gasteiger partial charge in [0.15, 0.2) is 6.61 Å². The minimum Gasteiger partial charge on any atom is -0.484 e. The molecule has 0 spiro atoms. The number of carbonyl (C=O) groups excluding carboxylic acids is 2. The molecule has 0 aliphatic carbocycles. The van der Waals surface area contributed by atoms with Gasteiger partial charge in [0, 0.05) is 25.3 Å². The van der Waals surface area contributed by atoms with Crippen molar-refractivity contribution in [2.45, 2.75) is 4.90 Å². The second-order valence-electron chi connectivity index (χ2n) is 7.17. The molecular weight excluding hydrogens is 449 g/mol. The summed E-state index contributed by atoms with van der Waals surface area (Å²) in [4.78, 5) is 25.4. The zero-order valence-corrected chi connectivity index (χ0v) is 18.7. The highest BCUT2D eigenvalue weighted by Crippen LogP contribution is 2.21. The van der Waals surface area contributed by atoms with Crippen molar-refractivity contribution in [1.82, 2.24) is 4.90 Å². The average molecular weight is 472 g/mol. The molecule has 3 aromatic carbocycles. The zero-order valence-electron chi connectivity index (χ0n) is 17.9. The first-order chi connectivity index (χ1) is 15.7. The molecular formula is C23H22FN3O5S. The summed E-state index contributed by atoms with van der Waals surface area (Å²) in [5, 5.41) is 2.66. The number of halogens is 1. The van der Waals surface area contributed by atoms with Gasteiger partial charge in [0.2, 0.25) is 0 Å². The number of likely N-dealkylation sites (N-methyl/N-ethyl adjacent to an activating group) is 1.